The van der Waals surface area contributed by atoms with Crippen LogP contribution in [0.4, 0.5) is 0 Å². The third-order valence-corrected chi connectivity index (χ3v) is 10.4. The number of hydrogen-bond donors (Lipinski definition) is 4. The molecule has 1 heterocycles. The van der Waals surface area contributed by atoms with Crippen LogP contribution in [0.1, 0.15) is 181 Å². The van der Waals surface area contributed by atoms with Crippen molar-refractivity contribution in [1.29, 1.82) is 0 Å². The topological polar surface area (TPSA) is 135 Å². The molecule has 6 unspecified atom stereocenters. The molecule has 336 valence electrons. The van der Waals surface area contributed by atoms with Gasteiger partial charge in [-0.1, -0.05) is 158 Å². The molecule has 0 aromatic heterocycles. The molecule has 1 aliphatic heterocycles. The van der Waals surface area contributed by atoms with E-state index >= 15 is 0 Å². The van der Waals surface area contributed by atoms with Gasteiger partial charge in [0.15, 0.2) is 6.29 Å². The first-order valence-electron chi connectivity index (χ1n) is 23.4. The zero-order valence-electron chi connectivity index (χ0n) is 36.8. The van der Waals surface area contributed by atoms with Gasteiger partial charge in [-0.2, -0.15) is 0 Å². The maximum Gasteiger partial charge on any atom is 0.306 e. The highest BCUT2D eigenvalue weighted by Gasteiger charge is 2.44. The molecule has 1 rings (SSSR count). The minimum Gasteiger partial charge on any atom is -0.457 e. The van der Waals surface area contributed by atoms with Crippen molar-refractivity contribution in [1.82, 2.24) is 0 Å². The van der Waals surface area contributed by atoms with E-state index in [0.29, 0.717) is 13.0 Å². The highest BCUT2D eigenvalue weighted by Crippen LogP contribution is 2.22. The molecule has 58 heavy (non-hydrogen) atoms. The maximum atomic E-state index is 12.8. The van der Waals surface area contributed by atoms with Crippen LogP contribution in [0.15, 0.2) is 60.8 Å². The van der Waals surface area contributed by atoms with Gasteiger partial charge in [-0.15, -0.1) is 0 Å². The van der Waals surface area contributed by atoms with Gasteiger partial charge in [0, 0.05) is 13.0 Å². The van der Waals surface area contributed by atoms with E-state index in [1.54, 1.807) is 0 Å². The summed E-state index contributed by atoms with van der Waals surface area (Å²) in [6.07, 6.45) is 43.8. The number of unbranched alkanes of at least 4 members (excludes halogenated alkanes) is 18. The molecule has 0 aliphatic carbocycles. The number of carbonyl (C=O) groups is 1. The largest absolute Gasteiger partial charge is 0.457 e. The molecule has 1 fully saturated rings. The van der Waals surface area contributed by atoms with Crippen LogP contribution in [-0.2, 0) is 23.7 Å². The van der Waals surface area contributed by atoms with Crippen molar-refractivity contribution in [3.63, 3.8) is 0 Å². The molecule has 4 N–H and O–H groups in total. The first-order valence-corrected chi connectivity index (χ1v) is 23.4. The Kier molecular flexibility index (Phi) is 37.5. The van der Waals surface area contributed by atoms with Crippen molar-refractivity contribution in [2.75, 3.05) is 26.4 Å². The van der Waals surface area contributed by atoms with Gasteiger partial charge in [0.2, 0.25) is 0 Å². The van der Waals surface area contributed by atoms with E-state index in [4.69, 9.17) is 18.9 Å². The average Bonchev–Trinajstić information content (AvgIpc) is 3.22. The summed E-state index contributed by atoms with van der Waals surface area (Å²) in [6, 6.07) is 0. The van der Waals surface area contributed by atoms with Crippen LogP contribution in [0.25, 0.3) is 0 Å². The fourth-order valence-electron chi connectivity index (χ4n) is 6.71. The molecule has 6 atom stereocenters. The summed E-state index contributed by atoms with van der Waals surface area (Å²) in [6.45, 7) is 4.44. The molecule has 0 aromatic carbocycles. The van der Waals surface area contributed by atoms with Crippen LogP contribution in [0.5, 0.6) is 0 Å². The smallest absolute Gasteiger partial charge is 0.306 e. The van der Waals surface area contributed by atoms with E-state index < -0.39 is 43.4 Å². The van der Waals surface area contributed by atoms with Crippen LogP contribution in [0.2, 0.25) is 0 Å². The van der Waals surface area contributed by atoms with Crippen molar-refractivity contribution in [2.24, 2.45) is 0 Å². The van der Waals surface area contributed by atoms with Crippen LogP contribution in [0.3, 0.4) is 0 Å². The Morgan fingerprint density at radius 1 is 0.552 bits per heavy atom. The highest BCUT2D eigenvalue weighted by molar-refractivity contribution is 5.69. The normalized spacial score (nSPS) is 20.8. The van der Waals surface area contributed by atoms with Crippen LogP contribution in [-0.4, -0.2) is 89.6 Å². The zero-order valence-corrected chi connectivity index (χ0v) is 36.8. The minimum absolute atomic E-state index is 0.126. The number of aliphatic hydroxyl groups excluding tert-OH is 4. The predicted molar refractivity (Wildman–Crippen MR) is 238 cm³/mol. The fourth-order valence-corrected chi connectivity index (χ4v) is 6.71. The van der Waals surface area contributed by atoms with Gasteiger partial charge in [0.25, 0.3) is 0 Å². The number of hydrogen-bond acceptors (Lipinski definition) is 9. The molecule has 0 aromatic rings. The molecule has 0 radical (unpaired) electrons. The zero-order chi connectivity index (χ0) is 42.2. The second kappa shape index (κ2) is 40.3. The lowest BCUT2D eigenvalue weighted by Crippen LogP contribution is -2.59. The standard InChI is InChI=1S/C49H86O9/c1-3-5-7-9-11-13-15-17-19-20-21-22-23-24-25-26-28-30-32-34-36-38-45(51)57-43(42-56-49-48(54)47(53)46(52)44(40-50)58-49)41-55-39-37-35-33-31-29-27-18-16-14-12-10-8-6-4-2/h8,10,14-17,20-21,23-24,43-44,46-50,52-54H,3-7,9,11-13,18-19,22,25-42H2,1-2H3/b10-8-,16-14-,17-15-,21-20-,24-23-. The first kappa shape index (κ1) is 53.9. The number of rotatable bonds is 39. The monoisotopic (exact) mass is 819 g/mol. The summed E-state index contributed by atoms with van der Waals surface area (Å²) in [4.78, 5) is 12.8. The van der Waals surface area contributed by atoms with Gasteiger partial charge < -0.3 is 39.4 Å². The van der Waals surface area contributed by atoms with Crippen LogP contribution < -0.4 is 0 Å². The highest BCUT2D eigenvalue weighted by atomic mass is 16.7. The first-order chi connectivity index (χ1) is 28.4. The van der Waals surface area contributed by atoms with Gasteiger partial charge in [-0.05, 0) is 77.0 Å². The lowest BCUT2D eigenvalue weighted by atomic mass is 9.99. The van der Waals surface area contributed by atoms with Gasteiger partial charge in [0.1, 0.15) is 30.5 Å². The van der Waals surface area contributed by atoms with Gasteiger partial charge in [-0.3, -0.25) is 4.79 Å². The van der Waals surface area contributed by atoms with Crippen molar-refractivity contribution in [3.8, 4) is 0 Å². The number of esters is 1. The molecule has 0 bridgehead atoms. The van der Waals surface area contributed by atoms with E-state index in [1.807, 2.05) is 0 Å². The molecular weight excluding hydrogens is 733 g/mol. The number of ether oxygens (including phenoxy) is 4. The predicted octanol–water partition coefficient (Wildman–Crippen LogP) is 10.7. The third-order valence-electron chi connectivity index (χ3n) is 10.4. The van der Waals surface area contributed by atoms with E-state index in [0.717, 1.165) is 83.5 Å². The lowest BCUT2D eigenvalue weighted by Gasteiger charge is -2.39. The maximum absolute atomic E-state index is 12.8. The van der Waals surface area contributed by atoms with E-state index in [2.05, 4.69) is 74.6 Å². The molecule has 0 saturated carbocycles. The van der Waals surface area contributed by atoms with Gasteiger partial charge in [0.05, 0.1) is 19.8 Å². The number of aliphatic hydroxyl groups is 4. The van der Waals surface area contributed by atoms with Crippen LogP contribution in [0, 0.1) is 0 Å². The van der Waals surface area contributed by atoms with Crippen molar-refractivity contribution in [2.45, 2.75) is 218 Å². The molecule has 0 amide bonds. The number of carbonyl (C=O) groups excluding carboxylic acids is 1. The second-order valence-electron chi connectivity index (χ2n) is 15.8. The Morgan fingerprint density at radius 2 is 1.03 bits per heavy atom. The molecule has 9 heteroatoms. The lowest BCUT2D eigenvalue weighted by molar-refractivity contribution is -0.305. The second-order valence-corrected chi connectivity index (χ2v) is 15.8. The SMILES string of the molecule is CCC/C=C\C/C=C\CCCCCCCCOCC(COC1OC(CO)C(O)C(O)C1O)OC(=O)CCCCCCCC/C=C\C/C=C\C/C=C\CCCCCCC. The van der Waals surface area contributed by atoms with Gasteiger partial charge in [-0.25, -0.2) is 0 Å². The van der Waals surface area contributed by atoms with Crippen LogP contribution >= 0.6 is 0 Å². The Hall–Kier alpha value is -2.11. The molecule has 9 nitrogen and oxygen atoms in total. The van der Waals surface area contributed by atoms with Crippen molar-refractivity contribution in [3.05, 3.63) is 60.8 Å². The Balaban J connectivity index is 2.26. The Morgan fingerprint density at radius 3 is 1.57 bits per heavy atom. The van der Waals surface area contributed by atoms with E-state index in [-0.39, 0.29) is 19.2 Å². The van der Waals surface area contributed by atoms with Crippen molar-refractivity contribution < 1.29 is 44.2 Å². The molecule has 1 saturated heterocycles. The summed E-state index contributed by atoms with van der Waals surface area (Å²) in [5.41, 5.74) is 0. The summed E-state index contributed by atoms with van der Waals surface area (Å²) in [5.74, 6) is -0.332. The Labute approximate surface area is 354 Å². The average molecular weight is 819 g/mol. The summed E-state index contributed by atoms with van der Waals surface area (Å²) < 4.78 is 22.8. The van der Waals surface area contributed by atoms with Gasteiger partial charge >= 0.3 is 5.97 Å². The minimum atomic E-state index is -1.54. The quantitative estimate of drug-likeness (QED) is 0.0272. The van der Waals surface area contributed by atoms with E-state index in [1.165, 1.54) is 77.0 Å². The summed E-state index contributed by atoms with van der Waals surface area (Å²) in [7, 11) is 0. The summed E-state index contributed by atoms with van der Waals surface area (Å²) >= 11 is 0. The summed E-state index contributed by atoms with van der Waals surface area (Å²) in [5, 5.41) is 40.1. The van der Waals surface area contributed by atoms with E-state index in [9.17, 15) is 25.2 Å². The Bertz CT molecular complexity index is 1070. The molecular formula is C49H86O9. The third kappa shape index (κ3) is 30.9. The number of allylic oxidation sites excluding steroid dienone is 10. The fraction of sp³-hybridized carbons (Fsp3) is 0.776. The van der Waals surface area contributed by atoms with Crippen molar-refractivity contribution >= 4 is 5.97 Å². The molecule has 0 spiro atoms. The molecule has 1 aliphatic rings.